The fourth-order valence-corrected chi connectivity index (χ4v) is 6.81. The van der Waals surface area contributed by atoms with E-state index < -0.39 is 9.84 Å². The molecule has 0 spiro atoms. The fourth-order valence-electron chi connectivity index (χ4n) is 5.18. The lowest BCUT2D eigenvalue weighted by molar-refractivity contribution is 0.0853. The predicted octanol–water partition coefficient (Wildman–Crippen LogP) is 1.03. The second kappa shape index (κ2) is 9.61. The van der Waals surface area contributed by atoms with Gasteiger partial charge in [0.1, 0.15) is 15.7 Å². The van der Waals surface area contributed by atoms with Crippen molar-refractivity contribution in [2.45, 2.75) is 38.9 Å². The SMILES string of the molecule is CCn1c(CN2CCN(C3CCS(=O)(=O)CC3)CC2)nc2c(N3CCOCC3)nc(Cl)nc21. The molecule has 10 nitrogen and oxygen atoms in total. The minimum atomic E-state index is -2.82. The number of halogens is 1. The Kier molecular flexibility index (Phi) is 6.76. The zero-order chi connectivity index (χ0) is 23.0. The van der Waals surface area contributed by atoms with Crippen LogP contribution < -0.4 is 4.90 Å². The monoisotopic (exact) mass is 497 g/mol. The number of morpholine rings is 1. The third-order valence-electron chi connectivity index (χ3n) is 7.07. The van der Waals surface area contributed by atoms with Crippen molar-refractivity contribution in [2.75, 3.05) is 68.9 Å². The van der Waals surface area contributed by atoms with Gasteiger partial charge in [-0.05, 0) is 31.4 Å². The minimum Gasteiger partial charge on any atom is -0.378 e. The highest BCUT2D eigenvalue weighted by Crippen LogP contribution is 2.28. The molecule has 0 amide bonds. The number of hydrogen-bond donors (Lipinski definition) is 0. The Labute approximate surface area is 199 Å². The van der Waals surface area contributed by atoms with Crippen molar-refractivity contribution < 1.29 is 13.2 Å². The molecule has 0 N–H and O–H groups in total. The fraction of sp³-hybridized carbons (Fsp3) is 0.762. The second-order valence-corrected chi connectivity index (χ2v) is 11.7. The molecule has 0 aliphatic carbocycles. The van der Waals surface area contributed by atoms with Gasteiger partial charge in [-0.25, -0.2) is 13.4 Å². The summed E-state index contributed by atoms with van der Waals surface area (Å²) in [7, 11) is -2.82. The van der Waals surface area contributed by atoms with Crippen LogP contribution in [0.15, 0.2) is 0 Å². The van der Waals surface area contributed by atoms with E-state index in [1.165, 1.54) is 0 Å². The van der Waals surface area contributed by atoms with Crippen LogP contribution in [0.25, 0.3) is 11.2 Å². The average Bonchev–Trinajstić information content (AvgIpc) is 3.16. The highest BCUT2D eigenvalue weighted by atomic mass is 35.5. The molecule has 2 aromatic heterocycles. The van der Waals surface area contributed by atoms with Crippen molar-refractivity contribution in [3.63, 3.8) is 0 Å². The zero-order valence-electron chi connectivity index (χ0n) is 19.1. The van der Waals surface area contributed by atoms with Crippen LogP contribution in [-0.2, 0) is 27.7 Å². The summed E-state index contributed by atoms with van der Waals surface area (Å²) in [4.78, 5) is 21.1. The number of nitrogens with zero attached hydrogens (tertiary/aromatic N) is 7. The molecule has 0 aromatic carbocycles. The Morgan fingerprint density at radius 3 is 2.36 bits per heavy atom. The molecule has 0 bridgehead atoms. The molecule has 2 aromatic rings. The van der Waals surface area contributed by atoms with Gasteiger partial charge < -0.3 is 14.2 Å². The molecule has 3 saturated heterocycles. The summed E-state index contributed by atoms with van der Waals surface area (Å²) in [5.41, 5.74) is 1.59. The largest absolute Gasteiger partial charge is 0.378 e. The third-order valence-corrected chi connectivity index (χ3v) is 8.95. The van der Waals surface area contributed by atoms with Gasteiger partial charge >= 0.3 is 0 Å². The van der Waals surface area contributed by atoms with Crippen LogP contribution in [0.5, 0.6) is 0 Å². The molecule has 3 fully saturated rings. The topological polar surface area (TPSA) is 96.7 Å². The average molecular weight is 498 g/mol. The van der Waals surface area contributed by atoms with Crippen molar-refractivity contribution in [3.05, 3.63) is 11.1 Å². The molecule has 12 heteroatoms. The lowest BCUT2D eigenvalue weighted by Crippen LogP contribution is -2.51. The summed E-state index contributed by atoms with van der Waals surface area (Å²) < 4.78 is 31.1. The summed E-state index contributed by atoms with van der Waals surface area (Å²) >= 11 is 6.31. The van der Waals surface area contributed by atoms with Crippen LogP contribution in [0.2, 0.25) is 5.28 Å². The molecule has 3 aliphatic rings. The number of sulfone groups is 1. The first kappa shape index (κ1) is 23.2. The molecule has 3 aliphatic heterocycles. The molecule has 0 unspecified atom stereocenters. The van der Waals surface area contributed by atoms with Crippen LogP contribution in [0, 0.1) is 0 Å². The van der Waals surface area contributed by atoms with E-state index in [2.05, 4.69) is 36.2 Å². The Morgan fingerprint density at radius 2 is 1.70 bits per heavy atom. The standard InChI is InChI=1S/C21H32ClN7O3S/c1-2-29-17(15-26-5-7-27(8-6-26)16-3-13-33(30,31)14-4-16)23-18-19(24-21(22)25-20(18)29)28-9-11-32-12-10-28/h16H,2-15H2,1H3. The molecule has 5 rings (SSSR count). The smallest absolute Gasteiger partial charge is 0.226 e. The number of imidazole rings is 1. The van der Waals surface area contributed by atoms with Crippen molar-refractivity contribution in [3.8, 4) is 0 Å². The third kappa shape index (κ3) is 4.97. The van der Waals surface area contributed by atoms with E-state index in [9.17, 15) is 8.42 Å². The maximum atomic E-state index is 11.8. The van der Waals surface area contributed by atoms with Crippen molar-refractivity contribution >= 4 is 38.4 Å². The number of aromatic nitrogens is 4. The lowest BCUT2D eigenvalue weighted by atomic mass is 10.1. The molecule has 182 valence electrons. The lowest BCUT2D eigenvalue weighted by Gasteiger charge is -2.40. The van der Waals surface area contributed by atoms with Crippen LogP contribution in [0.3, 0.4) is 0 Å². The number of fused-ring (bicyclic) bond motifs is 1. The van der Waals surface area contributed by atoms with E-state index in [4.69, 9.17) is 21.3 Å². The van der Waals surface area contributed by atoms with E-state index in [0.717, 1.165) is 88.0 Å². The zero-order valence-corrected chi connectivity index (χ0v) is 20.7. The number of rotatable bonds is 5. The van der Waals surface area contributed by atoms with Crippen molar-refractivity contribution in [1.29, 1.82) is 0 Å². The van der Waals surface area contributed by atoms with Crippen LogP contribution in [0.1, 0.15) is 25.6 Å². The molecule has 0 radical (unpaired) electrons. The van der Waals surface area contributed by atoms with Crippen LogP contribution in [-0.4, -0.2) is 108 Å². The first-order valence-electron chi connectivity index (χ1n) is 11.9. The molecule has 33 heavy (non-hydrogen) atoms. The molecule has 5 heterocycles. The van der Waals surface area contributed by atoms with Crippen LogP contribution in [0.4, 0.5) is 5.82 Å². The van der Waals surface area contributed by atoms with E-state index >= 15 is 0 Å². The first-order valence-corrected chi connectivity index (χ1v) is 14.1. The summed E-state index contributed by atoms with van der Waals surface area (Å²) in [6, 6.07) is 0.393. The van der Waals surface area contributed by atoms with Gasteiger partial charge in [-0.1, -0.05) is 0 Å². The number of aryl methyl sites for hydroxylation is 1. The highest BCUT2D eigenvalue weighted by molar-refractivity contribution is 7.91. The number of anilines is 1. The quantitative estimate of drug-likeness (QED) is 0.561. The van der Waals surface area contributed by atoms with Gasteiger partial charge in [0.15, 0.2) is 17.0 Å². The summed E-state index contributed by atoms with van der Waals surface area (Å²) in [6.45, 7) is 10.3. The van der Waals surface area contributed by atoms with E-state index in [0.29, 0.717) is 30.8 Å². The number of piperazine rings is 1. The Hall–Kier alpha value is -1.53. The van der Waals surface area contributed by atoms with Gasteiger partial charge in [0.25, 0.3) is 0 Å². The maximum absolute atomic E-state index is 11.8. The summed E-state index contributed by atoms with van der Waals surface area (Å²) in [5, 5.41) is 0.244. The first-order chi connectivity index (χ1) is 15.9. The van der Waals surface area contributed by atoms with Crippen molar-refractivity contribution in [1.82, 2.24) is 29.3 Å². The molecule has 0 saturated carbocycles. The van der Waals surface area contributed by atoms with Gasteiger partial charge in [-0.3, -0.25) is 9.80 Å². The Bertz CT molecular complexity index is 1080. The van der Waals surface area contributed by atoms with Gasteiger partial charge in [0.05, 0.1) is 31.3 Å². The van der Waals surface area contributed by atoms with E-state index in [1.54, 1.807) is 0 Å². The van der Waals surface area contributed by atoms with Gasteiger partial charge in [0.2, 0.25) is 5.28 Å². The van der Waals surface area contributed by atoms with Gasteiger partial charge in [-0.15, -0.1) is 0 Å². The van der Waals surface area contributed by atoms with Crippen molar-refractivity contribution in [2.24, 2.45) is 0 Å². The summed E-state index contributed by atoms with van der Waals surface area (Å²) in [5.74, 6) is 2.43. The maximum Gasteiger partial charge on any atom is 0.226 e. The Balaban J connectivity index is 1.30. The normalized spacial score (nSPS) is 23.4. The Morgan fingerprint density at radius 1 is 1.00 bits per heavy atom. The molecular formula is C21H32ClN7O3S. The molecular weight excluding hydrogens is 466 g/mol. The van der Waals surface area contributed by atoms with E-state index in [1.807, 2.05) is 0 Å². The van der Waals surface area contributed by atoms with E-state index in [-0.39, 0.29) is 5.28 Å². The number of ether oxygens (including phenoxy) is 1. The number of hydrogen-bond acceptors (Lipinski definition) is 9. The second-order valence-electron chi connectivity index (χ2n) is 9.06. The summed E-state index contributed by atoms with van der Waals surface area (Å²) in [6.07, 6.45) is 1.52. The highest BCUT2D eigenvalue weighted by Gasteiger charge is 2.30. The molecule has 0 atom stereocenters. The predicted molar refractivity (Wildman–Crippen MR) is 128 cm³/mol. The minimum absolute atomic E-state index is 0.244. The van der Waals surface area contributed by atoms with Crippen LogP contribution >= 0.6 is 11.6 Å². The van der Waals surface area contributed by atoms with Gasteiger partial charge in [0, 0.05) is 51.9 Å². The van der Waals surface area contributed by atoms with Gasteiger partial charge in [-0.2, -0.15) is 9.97 Å².